The monoisotopic (exact) mass is 791 g/mol. The number of para-hydroxylation sites is 1. The van der Waals surface area contributed by atoms with E-state index in [2.05, 4.69) is 229 Å². The van der Waals surface area contributed by atoms with Gasteiger partial charge in [-0.15, -0.1) is 11.3 Å². The van der Waals surface area contributed by atoms with E-state index in [9.17, 15) is 0 Å². The third-order valence-corrected chi connectivity index (χ3v) is 14.5. The van der Waals surface area contributed by atoms with Crippen LogP contribution in [0.1, 0.15) is 22.3 Å². The zero-order valence-corrected chi connectivity index (χ0v) is 34.0. The molecule has 1 heterocycles. The van der Waals surface area contributed by atoms with Crippen LogP contribution in [0, 0.1) is 0 Å². The number of hydrogen-bond donors (Lipinski definition) is 0. The van der Waals surface area contributed by atoms with Gasteiger partial charge in [0.2, 0.25) is 0 Å². The summed E-state index contributed by atoms with van der Waals surface area (Å²) in [7, 11) is 0. The van der Waals surface area contributed by atoms with Crippen LogP contribution in [-0.4, -0.2) is 0 Å². The summed E-state index contributed by atoms with van der Waals surface area (Å²) in [6.07, 6.45) is 0. The van der Waals surface area contributed by atoms with E-state index >= 15 is 0 Å². The van der Waals surface area contributed by atoms with Crippen molar-refractivity contribution in [2.24, 2.45) is 0 Å². The second-order valence-corrected chi connectivity index (χ2v) is 17.4. The van der Waals surface area contributed by atoms with Gasteiger partial charge in [-0.25, -0.2) is 0 Å². The van der Waals surface area contributed by atoms with E-state index in [0.29, 0.717) is 0 Å². The lowest BCUT2D eigenvalue weighted by Gasteiger charge is -2.32. The van der Waals surface area contributed by atoms with Crippen molar-refractivity contribution in [3.05, 3.63) is 247 Å². The summed E-state index contributed by atoms with van der Waals surface area (Å²) in [6.45, 7) is 0. The van der Waals surface area contributed by atoms with Crippen LogP contribution in [0.15, 0.2) is 224 Å². The first-order valence-corrected chi connectivity index (χ1v) is 21.9. The van der Waals surface area contributed by atoms with Gasteiger partial charge < -0.3 is 4.90 Å². The topological polar surface area (TPSA) is 3.24 Å². The molecule has 284 valence electrons. The van der Waals surface area contributed by atoms with E-state index < -0.39 is 5.41 Å². The molecule has 2 heteroatoms. The van der Waals surface area contributed by atoms with Crippen LogP contribution in [0.3, 0.4) is 0 Å². The largest absolute Gasteiger partial charge is 0.308 e. The molecule has 0 fully saturated rings. The van der Waals surface area contributed by atoms with Crippen molar-refractivity contribution in [1.82, 2.24) is 0 Å². The predicted octanol–water partition coefficient (Wildman–Crippen LogP) is 16.4. The highest BCUT2D eigenvalue weighted by atomic mass is 32.1. The maximum Gasteiger partial charge on any atom is 0.0726 e. The molecule has 0 unspecified atom stereocenters. The van der Waals surface area contributed by atoms with Gasteiger partial charge in [0.05, 0.1) is 27.2 Å². The van der Waals surface area contributed by atoms with E-state index in [1.165, 1.54) is 109 Å². The molecule has 1 aromatic heterocycles. The SMILES string of the molecule is c1ccc(-c2cccc3sc4c(N(c5ccccc5-c5ccc6ccccc6c5)c5cccc6c5-c5ccccc5C65c6ccccc6-c6ccccc65)cccc4c23)cc1. The molecular formula is C59H37NS. The number of fused-ring (bicyclic) bond motifs is 14. The summed E-state index contributed by atoms with van der Waals surface area (Å²) in [6, 6.07) is 83.5. The summed E-state index contributed by atoms with van der Waals surface area (Å²) in [5, 5.41) is 5.05. The zero-order valence-electron chi connectivity index (χ0n) is 33.2. The molecule has 0 N–H and O–H groups in total. The van der Waals surface area contributed by atoms with Gasteiger partial charge >= 0.3 is 0 Å². The van der Waals surface area contributed by atoms with E-state index in [4.69, 9.17) is 0 Å². The van der Waals surface area contributed by atoms with Gasteiger partial charge in [0.1, 0.15) is 0 Å². The van der Waals surface area contributed by atoms with Crippen molar-refractivity contribution in [2.45, 2.75) is 5.41 Å². The molecule has 0 atom stereocenters. The zero-order chi connectivity index (χ0) is 40.1. The third kappa shape index (κ3) is 4.83. The third-order valence-electron chi connectivity index (χ3n) is 13.3. The van der Waals surface area contributed by atoms with Gasteiger partial charge in [-0.2, -0.15) is 0 Å². The summed E-state index contributed by atoms with van der Waals surface area (Å²) in [5.41, 5.74) is 18.5. The molecule has 0 bridgehead atoms. The fraction of sp³-hybridized carbons (Fsp3) is 0.0169. The minimum atomic E-state index is -0.452. The highest BCUT2D eigenvalue weighted by molar-refractivity contribution is 7.26. The van der Waals surface area contributed by atoms with Crippen LogP contribution >= 0.6 is 11.3 Å². The lowest BCUT2D eigenvalue weighted by molar-refractivity contribution is 0.794. The Labute approximate surface area is 359 Å². The second-order valence-electron chi connectivity index (χ2n) is 16.3. The number of anilines is 3. The summed E-state index contributed by atoms with van der Waals surface area (Å²) >= 11 is 1.90. The molecule has 0 saturated heterocycles. The minimum Gasteiger partial charge on any atom is -0.308 e. The van der Waals surface area contributed by atoms with E-state index in [1.807, 2.05) is 11.3 Å². The van der Waals surface area contributed by atoms with Crippen LogP contribution in [-0.2, 0) is 5.41 Å². The molecular weight excluding hydrogens is 755 g/mol. The maximum absolute atomic E-state index is 2.59. The molecule has 2 aliphatic rings. The number of rotatable bonds is 5. The Kier molecular flexibility index (Phi) is 7.46. The predicted molar refractivity (Wildman–Crippen MR) is 259 cm³/mol. The Morgan fingerprint density at radius 1 is 0.344 bits per heavy atom. The molecule has 61 heavy (non-hydrogen) atoms. The minimum absolute atomic E-state index is 0.452. The molecule has 10 aromatic carbocycles. The molecule has 0 aliphatic heterocycles. The van der Waals surface area contributed by atoms with Gasteiger partial charge in [-0.1, -0.05) is 194 Å². The first-order valence-electron chi connectivity index (χ1n) is 21.1. The Morgan fingerprint density at radius 2 is 0.902 bits per heavy atom. The normalized spacial score (nSPS) is 13.0. The van der Waals surface area contributed by atoms with Crippen LogP contribution in [0.4, 0.5) is 17.1 Å². The van der Waals surface area contributed by atoms with Crippen molar-refractivity contribution in [3.63, 3.8) is 0 Å². The van der Waals surface area contributed by atoms with Gasteiger partial charge in [0.25, 0.3) is 0 Å². The maximum atomic E-state index is 2.59. The van der Waals surface area contributed by atoms with Gasteiger partial charge in [0.15, 0.2) is 0 Å². The van der Waals surface area contributed by atoms with Crippen LogP contribution in [0.2, 0.25) is 0 Å². The van der Waals surface area contributed by atoms with Crippen molar-refractivity contribution in [1.29, 1.82) is 0 Å². The smallest absolute Gasteiger partial charge is 0.0726 e. The Morgan fingerprint density at radius 3 is 1.69 bits per heavy atom. The quantitative estimate of drug-likeness (QED) is 0.168. The molecule has 1 nitrogen and oxygen atoms in total. The Bertz CT molecular complexity index is 3510. The standard InChI is InChI=1S/C59H37NS/c1-2-18-39(19-3-1)43-25-15-34-55-56(43)47-26-14-33-54(58(47)61-55)60(52-31-13-9-21-42(52)41-36-35-38-17-4-5-20-40(38)37-41)53-32-16-30-51-57(53)46-24-8-12-29-50(46)59(51)48-27-10-6-22-44(48)45-23-7-11-28-49(45)59/h1-37H. The van der Waals surface area contributed by atoms with Crippen LogP contribution in [0.5, 0.6) is 0 Å². The van der Waals surface area contributed by atoms with Gasteiger partial charge in [0, 0.05) is 26.6 Å². The first kappa shape index (κ1) is 34.4. The Hall–Kier alpha value is -7.52. The van der Waals surface area contributed by atoms with Gasteiger partial charge in [-0.05, 0) is 96.7 Å². The van der Waals surface area contributed by atoms with Crippen LogP contribution < -0.4 is 4.90 Å². The average Bonchev–Trinajstić information content (AvgIpc) is 3.97. The lowest BCUT2D eigenvalue weighted by atomic mass is 9.70. The molecule has 1 spiro atoms. The molecule has 0 radical (unpaired) electrons. The van der Waals surface area contributed by atoms with Crippen molar-refractivity contribution >= 4 is 59.3 Å². The second kappa shape index (κ2) is 13.2. The van der Waals surface area contributed by atoms with E-state index in [0.717, 1.165) is 5.69 Å². The number of hydrogen-bond acceptors (Lipinski definition) is 2. The highest BCUT2D eigenvalue weighted by Crippen LogP contribution is 2.65. The molecule has 0 amide bonds. The first-order chi connectivity index (χ1) is 30.3. The summed E-state index contributed by atoms with van der Waals surface area (Å²) in [5.74, 6) is 0. The summed E-state index contributed by atoms with van der Waals surface area (Å²) in [4.78, 5) is 2.59. The fourth-order valence-corrected chi connectivity index (χ4v) is 12.1. The Balaban J connectivity index is 1.14. The average molecular weight is 792 g/mol. The lowest BCUT2D eigenvalue weighted by Crippen LogP contribution is -2.26. The number of nitrogens with zero attached hydrogens (tertiary/aromatic N) is 1. The number of thiophene rings is 1. The van der Waals surface area contributed by atoms with Gasteiger partial charge in [-0.3, -0.25) is 0 Å². The fourth-order valence-electron chi connectivity index (χ4n) is 10.8. The molecule has 13 rings (SSSR count). The highest BCUT2D eigenvalue weighted by Gasteiger charge is 2.52. The molecule has 11 aromatic rings. The van der Waals surface area contributed by atoms with E-state index in [-0.39, 0.29) is 0 Å². The molecule has 2 aliphatic carbocycles. The van der Waals surface area contributed by atoms with E-state index in [1.54, 1.807) is 0 Å². The van der Waals surface area contributed by atoms with Crippen molar-refractivity contribution in [3.8, 4) is 44.5 Å². The summed E-state index contributed by atoms with van der Waals surface area (Å²) < 4.78 is 2.55. The van der Waals surface area contributed by atoms with Crippen molar-refractivity contribution in [2.75, 3.05) is 4.90 Å². The van der Waals surface area contributed by atoms with Crippen LogP contribution in [0.25, 0.3) is 75.5 Å². The van der Waals surface area contributed by atoms with Crippen molar-refractivity contribution < 1.29 is 0 Å². The number of benzene rings is 10. The molecule has 0 saturated carbocycles.